The van der Waals surface area contributed by atoms with Crippen LogP contribution in [-0.4, -0.2) is 35.5 Å². The number of carboxylic acids is 1. The van der Waals surface area contributed by atoms with Gasteiger partial charge in [-0.05, 0) is 22.9 Å². The van der Waals surface area contributed by atoms with Gasteiger partial charge in [-0.1, -0.05) is 30.3 Å². The number of amides is 1. The van der Waals surface area contributed by atoms with Crippen molar-refractivity contribution in [2.45, 2.75) is 0 Å². The van der Waals surface area contributed by atoms with Crippen molar-refractivity contribution < 1.29 is 14.7 Å². The number of rotatable bonds is 3. The number of benzene rings is 2. The number of likely N-dealkylation sites (N-methyl/N-ethyl adjacent to an activating group) is 1. The van der Waals surface area contributed by atoms with Gasteiger partial charge in [0.1, 0.15) is 6.54 Å². The molecule has 0 radical (unpaired) electrons. The van der Waals surface area contributed by atoms with Gasteiger partial charge < -0.3 is 10.0 Å². The maximum Gasteiger partial charge on any atom is 0.323 e. The van der Waals surface area contributed by atoms with Crippen molar-refractivity contribution >= 4 is 22.6 Å². The van der Waals surface area contributed by atoms with Crippen molar-refractivity contribution in [1.82, 2.24) is 4.90 Å². The molecule has 4 heteroatoms. The monoisotopic (exact) mass is 243 g/mol. The third kappa shape index (κ3) is 2.48. The molecular weight excluding hydrogens is 230 g/mol. The summed E-state index contributed by atoms with van der Waals surface area (Å²) in [6, 6.07) is 13.1. The van der Waals surface area contributed by atoms with Crippen LogP contribution >= 0.6 is 0 Å². The van der Waals surface area contributed by atoms with Crippen molar-refractivity contribution in [3.63, 3.8) is 0 Å². The maximum absolute atomic E-state index is 12.0. The summed E-state index contributed by atoms with van der Waals surface area (Å²) in [7, 11) is 1.48. The van der Waals surface area contributed by atoms with Crippen LogP contribution in [0.2, 0.25) is 0 Å². The van der Waals surface area contributed by atoms with Gasteiger partial charge in [0, 0.05) is 12.6 Å². The Bertz CT molecular complexity index is 607. The zero-order valence-electron chi connectivity index (χ0n) is 9.96. The lowest BCUT2D eigenvalue weighted by Crippen LogP contribution is -2.31. The Labute approximate surface area is 104 Å². The fourth-order valence-electron chi connectivity index (χ4n) is 1.82. The predicted molar refractivity (Wildman–Crippen MR) is 68.5 cm³/mol. The second-order valence-electron chi connectivity index (χ2n) is 4.12. The number of carbonyl (C=O) groups is 2. The van der Waals surface area contributed by atoms with Crippen LogP contribution in [0.15, 0.2) is 42.5 Å². The highest BCUT2D eigenvalue weighted by Gasteiger charge is 2.14. The smallest absolute Gasteiger partial charge is 0.323 e. The largest absolute Gasteiger partial charge is 0.480 e. The van der Waals surface area contributed by atoms with Gasteiger partial charge in [-0.15, -0.1) is 0 Å². The lowest BCUT2D eigenvalue weighted by Gasteiger charge is -2.14. The molecule has 1 N–H and O–H groups in total. The number of hydrogen-bond donors (Lipinski definition) is 1. The average molecular weight is 243 g/mol. The molecule has 0 aromatic heterocycles. The van der Waals surface area contributed by atoms with Gasteiger partial charge in [0.15, 0.2) is 0 Å². The molecule has 4 nitrogen and oxygen atoms in total. The molecular formula is C14H13NO3. The molecule has 0 aliphatic carbocycles. The van der Waals surface area contributed by atoms with Crippen LogP contribution in [0.25, 0.3) is 10.8 Å². The molecule has 0 spiro atoms. The number of carbonyl (C=O) groups excluding carboxylic acids is 1. The van der Waals surface area contributed by atoms with E-state index in [1.54, 1.807) is 12.1 Å². The summed E-state index contributed by atoms with van der Waals surface area (Å²) in [4.78, 5) is 23.7. The van der Waals surface area contributed by atoms with Gasteiger partial charge in [0.25, 0.3) is 5.91 Å². The second kappa shape index (κ2) is 4.87. The second-order valence-corrected chi connectivity index (χ2v) is 4.12. The van der Waals surface area contributed by atoms with E-state index in [2.05, 4.69) is 0 Å². The summed E-state index contributed by atoms with van der Waals surface area (Å²) in [5, 5.41) is 10.7. The normalized spacial score (nSPS) is 10.3. The molecule has 0 bridgehead atoms. The van der Waals surface area contributed by atoms with E-state index >= 15 is 0 Å². The van der Waals surface area contributed by atoms with E-state index in [9.17, 15) is 9.59 Å². The number of carboxylic acid groups (broad SMARTS) is 1. The predicted octanol–water partition coefficient (Wildman–Crippen LogP) is 2.00. The van der Waals surface area contributed by atoms with E-state index in [-0.39, 0.29) is 12.5 Å². The van der Waals surface area contributed by atoms with Gasteiger partial charge >= 0.3 is 5.97 Å². The Morgan fingerprint density at radius 3 is 2.44 bits per heavy atom. The molecule has 2 aromatic carbocycles. The fourth-order valence-corrected chi connectivity index (χ4v) is 1.82. The van der Waals surface area contributed by atoms with Gasteiger partial charge in [-0.3, -0.25) is 9.59 Å². The number of fused-ring (bicyclic) bond motifs is 1. The molecule has 0 saturated heterocycles. The maximum atomic E-state index is 12.0. The first-order valence-corrected chi connectivity index (χ1v) is 5.54. The number of nitrogens with zero attached hydrogens (tertiary/aromatic N) is 1. The van der Waals surface area contributed by atoms with Crippen molar-refractivity contribution in [3.8, 4) is 0 Å². The summed E-state index contributed by atoms with van der Waals surface area (Å²) < 4.78 is 0. The van der Waals surface area contributed by atoms with E-state index in [4.69, 9.17) is 5.11 Å². The van der Waals surface area contributed by atoms with E-state index in [1.165, 1.54) is 11.9 Å². The minimum absolute atomic E-state index is 0.289. The van der Waals surface area contributed by atoms with Crippen LogP contribution in [0, 0.1) is 0 Å². The van der Waals surface area contributed by atoms with Crippen LogP contribution in [0.5, 0.6) is 0 Å². The molecule has 2 aromatic rings. The zero-order chi connectivity index (χ0) is 13.1. The summed E-state index contributed by atoms with van der Waals surface area (Å²) in [5.74, 6) is -1.31. The summed E-state index contributed by atoms with van der Waals surface area (Å²) in [5.41, 5.74) is 0.498. The van der Waals surface area contributed by atoms with Crippen LogP contribution in [0.4, 0.5) is 0 Å². The topological polar surface area (TPSA) is 57.6 Å². The SMILES string of the molecule is CN(CC(=O)O)C(=O)c1ccc2ccccc2c1. The van der Waals surface area contributed by atoms with Crippen molar-refractivity contribution in [3.05, 3.63) is 48.0 Å². The molecule has 0 aliphatic rings. The lowest BCUT2D eigenvalue weighted by atomic mass is 10.1. The molecule has 1 amide bonds. The molecule has 0 fully saturated rings. The molecule has 2 rings (SSSR count). The van der Waals surface area contributed by atoms with Gasteiger partial charge in [0.2, 0.25) is 0 Å². The highest BCUT2D eigenvalue weighted by molar-refractivity contribution is 5.99. The van der Waals surface area contributed by atoms with E-state index < -0.39 is 5.97 Å². The Morgan fingerprint density at radius 1 is 1.11 bits per heavy atom. The van der Waals surface area contributed by atoms with Crippen LogP contribution in [0.1, 0.15) is 10.4 Å². The first kappa shape index (κ1) is 12.1. The number of hydrogen-bond acceptors (Lipinski definition) is 2. The average Bonchev–Trinajstić information content (AvgIpc) is 2.36. The minimum Gasteiger partial charge on any atom is -0.480 e. The van der Waals surface area contributed by atoms with Crippen LogP contribution < -0.4 is 0 Å². The summed E-state index contributed by atoms with van der Waals surface area (Å²) in [6.45, 7) is -0.300. The molecule has 0 atom stereocenters. The Hall–Kier alpha value is -2.36. The summed E-state index contributed by atoms with van der Waals surface area (Å²) in [6.07, 6.45) is 0. The Morgan fingerprint density at radius 2 is 1.78 bits per heavy atom. The van der Waals surface area contributed by atoms with Crippen molar-refractivity contribution in [1.29, 1.82) is 0 Å². The lowest BCUT2D eigenvalue weighted by molar-refractivity contribution is -0.137. The third-order valence-corrected chi connectivity index (χ3v) is 2.72. The number of aliphatic carboxylic acids is 1. The highest BCUT2D eigenvalue weighted by Crippen LogP contribution is 2.16. The van der Waals surface area contributed by atoms with E-state index in [1.807, 2.05) is 30.3 Å². The molecule has 0 saturated carbocycles. The van der Waals surface area contributed by atoms with Gasteiger partial charge in [-0.25, -0.2) is 0 Å². The molecule has 92 valence electrons. The van der Waals surface area contributed by atoms with Crippen LogP contribution in [-0.2, 0) is 4.79 Å². The zero-order valence-corrected chi connectivity index (χ0v) is 9.96. The van der Waals surface area contributed by atoms with Gasteiger partial charge in [0.05, 0.1) is 0 Å². The molecule has 18 heavy (non-hydrogen) atoms. The summed E-state index contributed by atoms with van der Waals surface area (Å²) >= 11 is 0. The quantitative estimate of drug-likeness (QED) is 0.897. The third-order valence-electron chi connectivity index (χ3n) is 2.72. The standard InChI is InChI=1S/C14H13NO3/c1-15(9-13(16)17)14(18)12-7-6-10-4-2-3-5-11(10)8-12/h2-8H,9H2,1H3,(H,16,17). The Kier molecular flexibility index (Phi) is 3.28. The first-order valence-electron chi connectivity index (χ1n) is 5.54. The van der Waals surface area contributed by atoms with Crippen molar-refractivity contribution in [2.75, 3.05) is 13.6 Å². The fraction of sp³-hybridized carbons (Fsp3) is 0.143. The molecule has 0 aliphatic heterocycles. The van der Waals surface area contributed by atoms with E-state index in [0.29, 0.717) is 5.56 Å². The highest BCUT2D eigenvalue weighted by atomic mass is 16.4. The van der Waals surface area contributed by atoms with Gasteiger partial charge in [-0.2, -0.15) is 0 Å². The van der Waals surface area contributed by atoms with Crippen LogP contribution in [0.3, 0.4) is 0 Å². The Balaban J connectivity index is 2.30. The molecule has 0 unspecified atom stereocenters. The molecule has 0 heterocycles. The van der Waals surface area contributed by atoms with Crippen molar-refractivity contribution in [2.24, 2.45) is 0 Å². The minimum atomic E-state index is -1.02. The van der Waals surface area contributed by atoms with E-state index in [0.717, 1.165) is 10.8 Å². The first-order chi connectivity index (χ1) is 8.58.